The number of ether oxygens (including phenoxy) is 5. The zero-order valence-corrected chi connectivity index (χ0v) is 21.4. The molecule has 0 bridgehead atoms. The van der Waals surface area contributed by atoms with Gasteiger partial charge in [-0.2, -0.15) is 13.2 Å². The molecule has 0 heterocycles. The molecule has 39 heavy (non-hydrogen) atoms. The zero-order valence-electron chi connectivity index (χ0n) is 21.4. The van der Waals surface area contributed by atoms with Crippen LogP contribution in [0.4, 0.5) is 13.2 Å². The minimum atomic E-state index is -5.08. The molecule has 11 nitrogen and oxygen atoms in total. The van der Waals surface area contributed by atoms with Crippen LogP contribution in [0.15, 0.2) is 30.3 Å². The molecule has 2 aromatic carbocycles. The van der Waals surface area contributed by atoms with Gasteiger partial charge in [0.15, 0.2) is 23.0 Å². The van der Waals surface area contributed by atoms with Crippen LogP contribution < -0.4 is 29.4 Å². The van der Waals surface area contributed by atoms with Crippen LogP contribution in [-0.2, 0) is 14.4 Å². The molecule has 4 N–H and O–H groups in total. The Balaban J connectivity index is 0.000000956. The Hall–Kier alpha value is -4.46. The molecule has 1 unspecified atom stereocenters. The molecule has 0 spiro atoms. The molecule has 214 valence electrons. The Morgan fingerprint density at radius 2 is 1.33 bits per heavy atom. The molecule has 0 fully saturated rings. The van der Waals surface area contributed by atoms with Crippen molar-refractivity contribution in [2.24, 2.45) is 5.73 Å². The minimum absolute atomic E-state index is 0.0305. The van der Waals surface area contributed by atoms with Crippen molar-refractivity contribution in [3.8, 4) is 28.7 Å². The fraction of sp³-hybridized carbons (Fsp3) is 0.320. The molecule has 0 aromatic heterocycles. The summed E-state index contributed by atoms with van der Waals surface area (Å²) in [5.74, 6) is -2.49. The molecule has 0 aliphatic carbocycles. The van der Waals surface area contributed by atoms with Gasteiger partial charge >= 0.3 is 24.1 Å². The van der Waals surface area contributed by atoms with Gasteiger partial charge in [0, 0.05) is 6.42 Å². The van der Waals surface area contributed by atoms with Gasteiger partial charge in [-0.15, -0.1) is 0 Å². The quantitative estimate of drug-likeness (QED) is 0.209. The van der Waals surface area contributed by atoms with E-state index in [-0.39, 0.29) is 18.6 Å². The highest BCUT2D eigenvalue weighted by Crippen LogP contribution is 2.38. The molecule has 2 aromatic rings. The van der Waals surface area contributed by atoms with E-state index in [9.17, 15) is 22.8 Å². The van der Waals surface area contributed by atoms with Crippen LogP contribution >= 0.6 is 0 Å². The number of alkyl halides is 3. The monoisotopic (exact) mass is 559 g/mol. The average Bonchev–Trinajstić information content (AvgIpc) is 2.89. The lowest BCUT2D eigenvalue weighted by Crippen LogP contribution is -2.34. The van der Waals surface area contributed by atoms with E-state index in [1.807, 2.05) is 12.2 Å². The second-order valence-electron chi connectivity index (χ2n) is 7.47. The number of nitrogens with two attached hydrogens (primary N) is 1. The van der Waals surface area contributed by atoms with Crippen LogP contribution in [0.25, 0.3) is 12.2 Å². The van der Waals surface area contributed by atoms with Gasteiger partial charge in [-0.25, -0.2) is 9.59 Å². The Bertz CT molecular complexity index is 1160. The Kier molecular flexibility index (Phi) is 12.6. The molecule has 0 amide bonds. The number of aliphatic carboxylic acids is 2. The molecule has 0 aliphatic rings. The second kappa shape index (κ2) is 15.1. The van der Waals surface area contributed by atoms with Gasteiger partial charge in [0.25, 0.3) is 0 Å². The Morgan fingerprint density at radius 3 is 1.77 bits per heavy atom. The maximum absolute atomic E-state index is 12.2. The lowest BCUT2D eigenvalue weighted by Gasteiger charge is -2.13. The molecule has 14 heteroatoms. The first kappa shape index (κ1) is 32.6. The second-order valence-corrected chi connectivity index (χ2v) is 7.47. The summed E-state index contributed by atoms with van der Waals surface area (Å²) in [6.45, 7) is 0. The number of carboxylic acids is 2. The van der Waals surface area contributed by atoms with Gasteiger partial charge in [-0.1, -0.05) is 18.2 Å². The molecule has 0 radical (unpaired) electrons. The van der Waals surface area contributed by atoms with Gasteiger partial charge in [0.2, 0.25) is 5.75 Å². The third-order valence-corrected chi connectivity index (χ3v) is 4.77. The van der Waals surface area contributed by atoms with Crippen LogP contribution in [0.5, 0.6) is 28.7 Å². The van der Waals surface area contributed by atoms with Gasteiger partial charge in [0.1, 0.15) is 6.04 Å². The summed E-state index contributed by atoms with van der Waals surface area (Å²) in [5.41, 5.74) is 7.25. The van der Waals surface area contributed by atoms with Gasteiger partial charge in [0.05, 0.1) is 28.4 Å². The number of halogens is 3. The highest BCUT2D eigenvalue weighted by Gasteiger charge is 2.38. The summed E-state index contributed by atoms with van der Waals surface area (Å²) in [5, 5.41) is 15.9. The average molecular weight is 559 g/mol. The van der Waals surface area contributed by atoms with E-state index in [0.29, 0.717) is 23.0 Å². The molecule has 0 saturated carbocycles. The van der Waals surface area contributed by atoms with Crippen molar-refractivity contribution < 1.29 is 61.5 Å². The highest BCUT2D eigenvalue weighted by molar-refractivity contribution is 5.80. The first-order valence-electron chi connectivity index (χ1n) is 10.9. The van der Waals surface area contributed by atoms with Gasteiger partial charge in [-0.05, 0) is 41.8 Å². The van der Waals surface area contributed by atoms with Crippen LogP contribution in [0.2, 0.25) is 0 Å². The highest BCUT2D eigenvalue weighted by atomic mass is 19.4. The topological polar surface area (TPSA) is 164 Å². The first-order valence-corrected chi connectivity index (χ1v) is 10.9. The third kappa shape index (κ3) is 10.4. The van der Waals surface area contributed by atoms with E-state index in [2.05, 4.69) is 0 Å². The molecule has 0 saturated heterocycles. The lowest BCUT2D eigenvalue weighted by molar-refractivity contribution is -0.192. The summed E-state index contributed by atoms with van der Waals surface area (Å²) < 4.78 is 58.4. The number of hydrogen-bond donors (Lipinski definition) is 3. The van der Waals surface area contributed by atoms with Gasteiger partial charge < -0.3 is 39.6 Å². The number of methoxy groups -OCH3 is 4. The lowest BCUT2D eigenvalue weighted by atomic mass is 10.1. The van der Waals surface area contributed by atoms with Crippen LogP contribution in [0, 0.1) is 0 Å². The van der Waals surface area contributed by atoms with Crippen molar-refractivity contribution in [1.29, 1.82) is 0 Å². The summed E-state index contributed by atoms with van der Waals surface area (Å²) in [7, 11) is 6.05. The molecular formula is C25H28F3NO10. The van der Waals surface area contributed by atoms with E-state index in [1.165, 1.54) is 28.4 Å². The number of carbonyl (C=O) groups excluding carboxylic acids is 1. The number of benzene rings is 2. The summed E-state index contributed by atoms with van der Waals surface area (Å²) in [4.78, 5) is 31.8. The molecular weight excluding hydrogens is 531 g/mol. The molecule has 2 rings (SSSR count). The fourth-order valence-corrected chi connectivity index (χ4v) is 2.85. The number of carboxylic acid groups (broad SMARTS) is 2. The van der Waals surface area contributed by atoms with E-state index >= 15 is 0 Å². The number of carbonyl (C=O) groups is 3. The van der Waals surface area contributed by atoms with Crippen molar-refractivity contribution in [2.45, 2.75) is 25.1 Å². The van der Waals surface area contributed by atoms with Crippen molar-refractivity contribution in [2.75, 3.05) is 28.4 Å². The van der Waals surface area contributed by atoms with E-state index in [1.54, 1.807) is 30.3 Å². The first-order chi connectivity index (χ1) is 18.3. The van der Waals surface area contributed by atoms with E-state index in [4.69, 9.17) is 44.4 Å². The predicted octanol–water partition coefficient (Wildman–Crippen LogP) is 3.62. The van der Waals surface area contributed by atoms with E-state index < -0.39 is 30.1 Å². The minimum Gasteiger partial charge on any atom is -0.493 e. The Morgan fingerprint density at radius 1 is 0.846 bits per heavy atom. The summed E-state index contributed by atoms with van der Waals surface area (Å²) in [6, 6.07) is 7.59. The zero-order chi connectivity index (χ0) is 29.8. The largest absolute Gasteiger partial charge is 0.493 e. The van der Waals surface area contributed by atoms with Gasteiger partial charge in [-0.3, -0.25) is 4.79 Å². The van der Waals surface area contributed by atoms with Crippen LogP contribution in [0.1, 0.15) is 24.0 Å². The predicted molar refractivity (Wildman–Crippen MR) is 132 cm³/mol. The standard InChI is InChI=1S/C23H27NO8.C2HF3O2/c1-28-17-9-7-14(11-18(17)32-23(27)16(24)8-10-21(25)26)5-6-15-12-19(29-2)22(31-4)20(13-15)30-3;3-2(4,5)1(6)7/h5-7,9,11-13,16H,8,10,24H2,1-4H3,(H,25,26);(H,6,7)/b6-5-;. The summed E-state index contributed by atoms with van der Waals surface area (Å²) >= 11 is 0. The summed E-state index contributed by atoms with van der Waals surface area (Å²) in [6.07, 6.45) is -1.71. The number of esters is 1. The van der Waals surface area contributed by atoms with Crippen molar-refractivity contribution in [3.63, 3.8) is 0 Å². The molecule has 0 aliphatic heterocycles. The van der Waals surface area contributed by atoms with E-state index in [0.717, 1.165) is 11.1 Å². The fourth-order valence-electron chi connectivity index (χ4n) is 2.85. The Labute approximate surface area is 221 Å². The number of rotatable bonds is 11. The normalized spacial score (nSPS) is 11.6. The number of hydrogen-bond acceptors (Lipinski definition) is 9. The maximum atomic E-state index is 12.2. The van der Waals surface area contributed by atoms with Crippen molar-refractivity contribution in [3.05, 3.63) is 41.5 Å². The van der Waals surface area contributed by atoms with Crippen molar-refractivity contribution in [1.82, 2.24) is 0 Å². The SMILES string of the molecule is COc1ccc(/C=C\c2cc(OC)c(OC)c(OC)c2)cc1OC(=O)C(N)CCC(=O)O.O=C(O)C(F)(F)F. The van der Waals surface area contributed by atoms with Crippen LogP contribution in [-0.4, -0.2) is 68.8 Å². The maximum Gasteiger partial charge on any atom is 0.490 e. The smallest absolute Gasteiger partial charge is 0.490 e. The third-order valence-electron chi connectivity index (χ3n) is 4.77. The molecule has 1 atom stereocenters. The van der Waals surface area contributed by atoms with Crippen molar-refractivity contribution >= 4 is 30.1 Å². The van der Waals surface area contributed by atoms with Crippen LogP contribution in [0.3, 0.4) is 0 Å².